The van der Waals surface area contributed by atoms with Gasteiger partial charge < -0.3 is 4.57 Å². The monoisotopic (exact) mass is 302 g/mol. The Bertz CT molecular complexity index is 976. The molecule has 3 aromatic rings. The molecule has 1 aromatic carbocycles. The van der Waals surface area contributed by atoms with Crippen LogP contribution in [0.5, 0.6) is 0 Å². The van der Waals surface area contributed by atoms with E-state index in [9.17, 15) is 0 Å². The van der Waals surface area contributed by atoms with Crippen molar-refractivity contribution in [3.05, 3.63) is 67.3 Å². The third-order valence-corrected chi connectivity index (χ3v) is 6.12. The molecular weight excluding hydrogens is 282 g/mol. The number of fused-ring (bicyclic) bond motifs is 6. The summed E-state index contributed by atoms with van der Waals surface area (Å²) in [6.07, 6.45) is 6.64. The van der Waals surface area contributed by atoms with Gasteiger partial charge in [0.05, 0.1) is 7.05 Å². The standard InChI is InChI=1S/C20H20N3/c1-14-19(2)20(14,3)23-13-21(4)12-17(23)18-16(10-11-22(18)19)15-8-6-5-7-9-15/h5-13H,1H2,2-4H3/q+1. The fraction of sp³-hybridized carbons (Fsp3) is 0.250. The van der Waals surface area contributed by atoms with Gasteiger partial charge in [-0.1, -0.05) is 36.9 Å². The molecule has 0 spiro atoms. The van der Waals surface area contributed by atoms with Gasteiger partial charge in [-0.2, -0.15) is 0 Å². The van der Waals surface area contributed by atoms with Gasteiger partial charge in [-0.25, -0.2) is 9.13 Å². The molecule has 1 fully saturated rings. The van der Waals surface area contributed by atoms with Crippen LogP contribution in [0.25, 0.3) is 22.5 Å². The summed E-state index contributed by atoms with van der Waals surface area (Å²) in [5.41, 5.74) is 6.28. The van der Waals surface area contributed by atoms with Gasteiger partial charge in [-0.3, -0.25) is 0 Å². The van der Waals surface area contributed by atoms with Gasteiger partial charge in [0.1, 0.15) is 17.4 Å². The molecule has 1 saturated carbocycles. The Morgan fingerprint density at radius 2 is 1.70 bits per heavy atom. The largest absolute Gasteiger partial charge is 0.329 e. The molecule has 0 radical (unpaired) electrons. The van der Waals surface area contributed by atoms with Crippen LogP contribution in [0.3, 0.4) is 0 Å². The summed E-state index contributed by atoms with van der Waals surface area (Å²) in [5.74, 6) is 0. The van der Waals surface area contributed by atoms with Crippen molar-refractivity contribution in [2.24, 2.45) is 7.05 Å². The Morgan fingerprint density at radius 3 is 2.43 bits per heavy atom. The fourth-order valence-corrected chi connectivity index (χ4v) is 4.48. The highest BCUT2D eigenvalue weighted by atomic mass is 15.3. The number of aromatic nitrogens is 3. The van der Waals surface area contributed by atoms with Gasteiger partial charge in [0.2, 0.25) is 6.33 Å². The Balaban J connectivity index is 1.88. The molecule has 2 aliphatic rings. The lowest BCUT2D eigenvalue weighted by Crippen LogP contribution is -2.33. The zero-order valence-electron chi connectivity index (χ0n) is 13.7. The Kier molecular flexibility index (Phi) is 2.07. The summed E-state index contributed by atoms with van der Waals surface area (Å²) < 4.78 is 6.97. The zero-order chi connectivity index (χ0) is 16.0. The second kappa shape index (κ2) is 3.67. The first-order chi connectivity index (χ1) is 11.0. The summed E-state index contributed by atoms with van der Waals surface area (Å²) in [7, 11) is 2.09. The van der Waals surface area contributed by atoms with E-state index in [-0.39, 0.29) is 11.1 Å². The van der Waals surface area contributed by atoms with Crippen molar-refractivity contribution >= 4 is 0 Å². The smallest absolute Gasteiger partial charge is 0.244 e. The van der Waals surface area contributed by atoms with Crippen LogP contribution in [0, 0.1) is 0 Å². The number of nitrogens with zero attached hydrogens (tertiary/aromatic N) is 3. The lowest BCUT2D eigenvalue weighted by atomic mass is 10.0. The SMILES string of the molecule is C=C1C2(C)n3c[n+](C)cc3-c3c(-c4ccccc4)ccn3C12C. The van der Waals surface area contributed by atoms with Crippen LogP contribution in [-0.4, -0.2) is 9.13 Å². The lowest BCUT2D eigenvalue weighted by molar-refractivity contribution is -0.670. The molecule has 3 nitrogen and oxygen atoms in total. The van der Waals surface area contributed by atoms with Crippen LogP contribution in [0.4, 0.5) is 0 Å². The zero-order valence-corrected chi connectivity index (χ0v) is 13.7. The van der Waals surface area contributed by atoms with Gasteiger partial charge in [-0.05, 0) is 25.5 Å². The molecular formula is C20H20N3+. The van der Waals surface area contributed by atoms with E-state index in [0.29, 0.717) is 0 Å². The average Bonchev–Trinajstić information content (AvgIpc) is 3.00. The van der Waals surface area contributed by atoms with Crippen LogP contribution >= 0.6 is 0 Å². The number of aryl methyl sites for hydroxylation is 1. The molecule has 114 valence electrons. The topological polar surface area (TPSA) is 13.7 Å². The number of imidazole rings is 1. The minimum atomic E-state index is -0.0472. The molecule has 3 heterocycles. The Labute approximate surface area is 136 Å². The first-order valence-corrected chi connectivity index (χ1v) is 8.05. The molecule has 0 saturated heterocycles. The van der Waals surface area contributed by atoms with Crippen LogP contribution < -0.4 is 4.57 Å². The molecule has 2 aromatic heterocycles. The highest BCUT2D eigenvalue weighted by molar-refractivity contribution is 5.83. The number of benzene rings is 1. The maximum Gasteiger partial charge on any atom is 0.244 e. The van der Waals surface area contributed by atoms with Crippen LogP contribution in [0.1, 0.15) is 13.8 Å². The number of allylic oxidation sites excluding steroid dienone is 1. The van der Waals surface area contributed by atoms with Crippen molar-refractivity contribution < 1.29 is 4.57 Å². The van der Waals surface area contributed by atoms with Crippen LogP contribution in [0.2, 0.25) is 0 Å². The molecule has 0 amide bonds. The molecule has 1 aliphatic heterocycles. The third kappa shape index (κ3) is 1.23. The average molecular weight is 302 g/mol. The first-order valence-electron chi connectivity index (χ1n) is 8.05. The van der Waals surface area contributed by atoms with Gasteiger partial charge >= 0.3 is 0 Å². The molecule has 5 rings (SSSR count). The van der Waals surface area contributed by atoms with E-state index in [1.165, 1.54) is 28.1 Å². The van der Waals surface area contributed by atoms with E-state index in [1.54, 1.807) is 0 Å². The fourth-order valence-electron chi connectivity index (χ4n) is 4.48. The van der Waals surface area contributed by atoms with E-state index in [0.717, 1.165) is 0 Å². The molecule has 23 heavy (non-hydrogen) atoms. The van der Waals surface area contributed by atoms with E-state index >= 15 is 0 Å². The van der Waals surface area contributed by atoms with Gasteiger partial charge in [-0.15, -0.1) is 0 Å². The van der Waals surface area contributed by atoms with Crippen LogP contribution in [-0.2, 0) is 18.1 Å². The van der Waals surface area contributed by atoms with Crippen molar-refractivity contribution in [1.82, 2.24) is 9.13 Å². The quantitative estimate of drug-likeness (QED) is 0.483. The third-order valence-electron chi connectivity index (χ3n) is 6.12. The Hall–Kier alpha value is -2.55. The Morgan fingerprint density at radius 1 is 1.00 bits per heavy atom. The second-order valence-corrected chi connectivity index (χ2v) is 7.10. The maximum absolute atomic E-state index is 4.39. The first kappa shape index (κ1) is 12.9. The normalized spacial score (nSPS) is 27.3. The summed E-state index contributed by atoms with van der Waals surface area (Å²) in [5, 5.41) is 0. The number of hydrogen-bond acceptors (Lipinski definition) is 0. The lowest BCUT2D eigenvalue weighted by Gasteiger charge is -2.26. The summed E-state index contributed by atoms with van der Waals surface area (Å²) in [6, 6.07) is 12.9. The molecule has 2 atom stereocenters. The maximum atomic E-state index is 4.39. The van der Waals surface area contributed by atoms with Gasteiger partial charge in [0, 0.05) is 17.3 Å². The van der Waals surface area contributed by atoms with E-state index in [4.69, 9.17) is 0 Å². The molecule has 0 bridgehead atoms. The van der Waals surface area contributed by atoms with Crippen molar-refractivity contribution in [3.8, 4) is 22.5 Å². The summed E-state index contributed by atoms with van der Waals surface area (Å²) in [6.45, 7) is 8.99. The van der Waals surface area contributed by atoms with Crippen molar-refractivity contribution in [2.45, 2.75) is 24.9 Å². The van der Waals surface area contributed by atoms with Crippen LogP contribution in [0.15, 0.2) is 67.3 Å². The predicted molar refractivity (Wildman–Crippen MR) is 90.9 cm³/mol. The van der Waals surface area contributed by atoms with Gasteiger partial charge in [0.25, 0.3) is 0 Å². The number of hydrogen-bond donors (Lipinski definition) is 0. The van der Waals surface area contributed by atoms with E-state index in [2.05, 4.69) is 96.3 Å². The highest BCUT2D eigenvalue weighted by Crippen LogP contribution is 2.68. The highest BCUT2D eigenvalue weighted by Gasteiger charge is 2.75. The number of rotatable bonds is 1. The summed E-state index contributed by atoms with van der Waals surface area (Å²) in [4.78, 5) is 0. The van der Waals surface area contributed by atoms with E-state index in [1.807, 2.05) is 0 Å². The van der Waals surface area contributed by atoms with E-state index < -0.39 is 0 Å². The predicted octanol–water partition coefficient (Wildman–Crippen LogP) is 3.46. The minimum Gasteiger partial charge on any atom is -0.329 e. The summed E-state index contributed by atoms with van der Waals surface area (Å²) >= 11 is 0. The molecule has 0 N–H and O–H groups in total. The molecule has 2 unspecified atom stereocenters. The molecule has 1 aliphatic carbocycles. The van der Waals surface area contributed by atoms with Gasteiger partial charge in [0.15, 0.2) is 11.2 Å². The minimum absolute atomic E-state index is 0.0381. The van der Waals surface area contributed by atoms with Crippen molar-refractivity contribution in [1.29, 1.82) is 0 Å². The second-order valence-electron chi connectivity index (χ2n) is 7.10. The molecule has 3 heteroatoms. The van der Waals surface area contributed by atoms with Crippen molar-refractivity contribution in [2.75, 3.05) is 0 Å². The van der Waals surface area contributed by atoms with Crippen molar-refractivity contribution in [3.63, 3.8) is 0 Å².